The summed E-state index contributed by atoms with van der Waals surface area (Å²) in [5.41, 5.74) is 4.40. The zero-order valence-corrected chi connectivity index (χ0v) is 12.5. The van der Waals surface area contributed by atoms with Crippen LogP contribution in [-0.4, -0.2) is 4.57 Å². The van der Waals surface area contributed by atoms with E-state index in [0.29, 0.717) is 11.1 Å². The van der Waals surface area contributed by atoms with Crippen LogP contribution >= 0.6 is 0 Å². The molecule has 108 valence electrons. The maximum atomic E-state index is 12.9. The Morgan fingerprint density at radius 3 is 1.95 bits per heavy atom. The summed E-state index contributed by atoms with van der Waals surface area (Å²) in [6.45, 7) is 5.84. The van der Waals surface area contributed by atoms with Gasteiger partial charge in [-0.1, -0.05) is 66.7 Å². The van der Waals surface area contributed by atoms with Crippen LogP contribution in [0.2, 0.25) is 0 Å². The van der Waals surface area contributed by atoms with Gasteiger partial charge in [-0.25, -0.2) is 0 Å². The summed E-state index contributed by atoms with van der Waals surface area (Å²) in [4.78, 5) is 12.9. The molecule has 0 saturated heterocycles. The van der Waals surface area contributed by atoms with Gasteiger partial charge in [0.05, 0.1) is 0 Å². The van der Waals surface area contributed by atoms with Crippen molar-refractivity contribution in [2.45, 2.75) is 6.92 Å². The van der Waals surface area contributed by atoms with E-state index in [4.69, 9.17) is 0 Å². The molecule has 0 bridgehead atoms. The Morgan fingerprint density at radius 1 is 0.864 bits per heavy atom. The van der Waals surface area contributed by atoms with E-state index in [2.05, 4.69) is 6.58 Å². The topological polar surface area (TPSA) is 22.0 Å². The fourth-order valence-corrected chi connectivity index (χ4v) is 2.47. The predicted octanol–water partition coefficient (Wildman–Crippen LogP) is 4.59. The van der Waals surface area contributed by atoms with Crippen LogP contribution in [0.1, 0.15) is 5.56 Å². The number of nitrogens with zero attached hydrogens (tertiary/aromatic N) is 1. The smallest absolute Gasteiger partial charge is 0.197 e. The highest BCUT2D eigenvalue weighted by Gasteiger charge is 2.10. The molecule has 0 aliphatic heterocycles. The van der Waals surface area contributed by atoms with Crippen molar-refractivity contribution < 1.29 is 0 Å². The molecule has 0 atom stereocenters. The van der Waals surface area contributed by atoms with Crippen molar-refractivity contribution in [2.75, 3.05) is 0 Å². The lowest BCUT2D eigenvalue weighted by Crippen LogP contribution is -2.11. The lowest BCUT2D eigenvalue weighted by atomic mass is 10.0. The summed E-state index contributed by atoms with van der Waals surface area (Å²) in [6, 6.07) is 17.7. The van der Waals surface area contributed by atoms with Crippen molar-refractivity contribution in [1.82, 2.24) is 4.57 Å². The summed E-state index contributed by atoms with van der Waals surface area (Å²) in [7, 11) is 0. The molecule has 0 N–H and O–H groups in total. The van der Waals surface area contributed by atoms with Crippen LogP contribution < -0.4 is 5.43 Å². The molecular formula is C20H17NO. The summed E-state index contributed by atoms with van der Waals surface area (Å²) < 4.78 is 1.83. The second-order valence-corrected chi connectivity index (χ2v) is 5.28. The van der Waals surface area contributed by atoms with Gasteiger partial charge in [0.2, 0.25) is 0 Å². The lowest BCUT2D eigenvalue weighted by Gasteiger charge is -2.09. The van der Waals surface area contributed by atoms with Crippen molar-refractivity contribution in [1.29, 1.82) is 0 Å². The van der Waals surface area contributed by atoms with Crippen LogP contribution in [0.15, 0.2) is 78.4 Å². The van der Waals surface area contributed by atoms with E-state index in [0.717, 1.165) is 11.1 Å². The largest absolute Gasteiger partial charge is 0.330 e. The maximum Gasteiger partial charge on any atom is 0.197 e. The van der Waals surface area contributed by atoms with Gasteiger partial charge in [0, 0.05) is 29.7 Å². The van der Waals surface area contributed by atoms with Crippen molar-refractivity contribution in [2.24, 2.45) is 0 Å². The average Bonchev–Trinajstić information content (AvgIpc) is 2.57. The Labute approximate surface area is 130 Å². The molecule has 0 fully saturated rings. The highest BCUT2D eigenvalue weighted by Crippen LogP contribution is 2.21. The minimum absolute atomic E-state index is 0.0353. The van der Waals surface area contributed by atoms with E-state index in [1.807, 2.05) is 78.5 Å². The van der Waals surface area contributed by atoms with Crippen molar-refractivity contribution in [3.8, 4) is 22.3 Å². The number of hydrogen-bond donors (Lipinski definition) is 0. The first-order valence-electron chi connectivity index (χ1n) is 7.20. The number of pyridine rings is 1. The fraction of sp³-hybridized carbons (Fsp3) is 0.0500. The molecule has 0 radical (unpaired) electrons. The first-order chi connectivity index (χ1) is 10.7. The Kier molecular flexibility index (Phi) is 3.75. The number of aromatic nitrogens is 1. The van der Waals surface area contributed by atoms with Gasteiger partial charge in [-0.3, -0.25) is 4.79 Å². The molecule has 22 heavy (non-hydrogen) atoms. The molecular weight excluding hydrogens is 270 g/mol. The van der Waals surface area contributed by atoms with E-state index < -0.39 is 0 Å². The maximum absolute atomic E-state index is 12.9. The van der Waals surface area contributed by atoms with Crippen LogP contribution in [0, 0.1) is 6.92 Å². The SMILES string of the molecule is C=Cn1cc(-c2ccccc2)c(=O)c(-c2ccc(C)cc2)c1. The molecule has 0 aliphatic carbocycles. The number of benzene rings is 2. The van der Waals surface area contributed by atoms with Crippen LogP contribution in [0.5, 0.6) is 0 Å². The predicted molar refractivity (Wildman–Crippen MR) is 92.7 cm³/mol. The van der Waals surface area contributed by atoms with Gasteiger partial charge in [-0.05, 0) is 18.1 Å². The molecule has 1 heterocycles. The Bertz CT molecular complexity index is 858. The van der Waals surface area contributed by atoms with E-state index in [1.165, 1.54) is 5.56 Å². The summed E-state index contributed by atoms with van der Waals surface area (Å²) >= 11 is 0. The molecule has 0 saturated carbocycles. The zero-order chi connectivity index (χ0) is 15.5. The molecule has 2 heteroatoms. The molecule has 3 aromatic rings. The van der Waals surface area contributed by atoms with E-state index in [-0.39, 0.29) is 5.43 Å². The van der Waals surface area contributed by atoms with Crippen molar-refractivity contribution in [3.05, 3.63) is 89.4 Å². The van der Waals surface area contributed by atoms with Gasteiger partial charge in [0.25, 0.3) is 0 Å². The molecule has 0 unspecified atom stereocenters. The van der Waals surface area contributed by atoms with Crippen molar-refractivity contribution in [3.63, 3.8) is 0 Å². The van der Waals surface area contributed by atoms with Gasteiger partial charge in [0.15, 0.2) is 5.43 Å². The third-order valence-electron chi connectivity index (χ3n) is 3.70. The first-order valence-corrected chi connectivity index (χ1v) is 7.20. The summed E-state index contributed by atoms with van der Waals surface area (Å²) in [5, 5.41) is 0. The van der Waals surface area contributed by atoms with Gasteiger partial charge in [-0.15, -0.1) is 0 Å². The minimum Gasteiger partial charge on any atom is -0.330 e. The Hall–Kier alpha value is -2.87. The third kappa shape index (κ3) is 2.63. The first kappa shape index (κ1) is 14.1. The summed E-state index contributed by atoms with van der Waals surface area (Å²) in [6.07, 6.45) is 5.35. The van der Waals surface area contributed by atoms with Crippen molar-refractivity contribution >= 4 is 6.20 Å². The van der Waals surface area contributed by atoms with E-state index in [1.54, 1.807) is 6.20 Å². The van der Waals surface area contributed by atoms with E-state index in [9.17, 15) is 4.79 Å². The Morgan fingerprint density at radius 2 is 1.41 bits per heavy atom. The van der Waals surface area contributed by atoms with Gasteiger partial charge in [0.1, 0.15) is 0 Å². The second-order valence-electron chi connectivity index (χ2n) is 5.28. The highest BCUT2D eigenvalue weighted by atomic mass is 16.1. The quantitative estimate of drug-likeness (QED) is 0.690. The molecule has 1 aromatic heterocycles. The van der Waals surface area contributed by atoms with Crippen LogP contribution in [-0.2, 0) is 0 Å². The van der Waals surface area contributed by atoms with E-state index >= 15 is 0 Å². The molecule has 2 nitrogen and oxygen atoms in total. The number of rotatable bonds is 3. The van der Waals surface area contributed by atoms with Gasteiger partial charge in [-0.2, -0.15) is 0 Å². The highest BCUT2D eigenvalue weighted by molar-refractivity contribution is 5.72. The van der Waals surface area contributed by atoms with Gasteiger partial charge >= 0.3 is 0 Å². The minimum atomic E-state index is 0.0353. The number of hydrogen-bond acceptors (Lipinski definition) is 1. The molecule has 0 aliphatic rings. The standard InChI is InChI=1S/C20H17NO/c1-3-21-13-18(16-7-5-4-6-8-16)20(22)19(14-21)17-11-9-15(2)10-12-17/h3-14H,1H2,2H3. The third-order valence-corrected chi connectivity index (χ3v) is 3.70. The molecule has 0 spiro atoms. The van der Waals surface area contributed by atoms with Crippen LogP contribution in [0.3, 0.4) is 0 Å². The molecule has 2 aromatic carbocycles. The summed E-state index contributed by atoms with van der Waals surface area (Å²) in [5.74, 6) is 0. The fourth-order valence-electron chi connectivity index (χ4n) is 2.47. The Balaban J connectivity index is 2.25. The average molecular weight is 287 g/mol. The second kappa shape index (κ2) is 5.86. The lowest BCUT2D eigenvalue weighted by molar-refractivity contribution is 1.12. The van der Waals surface area contributed by atoms with Crippen LogP contribution in [0.25, 0.3) is 28.5 Å². The molecule has 3 rings (SSSR count). The normalized spacial score (nSPS) is 10.4. The van der Waals surface area contributed by atoms with Gasteiger partial charge < -0.3 is 4.57 Å². The zero-order valence-electron chi connectivity index (χ0n) is 12.5. The molecule has 0 amide bonds. The van der Waals surface area contributed by atoms with Crippen LogP contribution in [0.4, 0.5) is 0 Å². The number of aryl methyl sites for hydroxylation is 1. The monoisotopic (exact) mass is 287 g/mol.